The van der Waals surface area contributed by atoms with Gasteiger partial charge in [0.1, 0.15) is 0 Å². The highest BCUT2D eigenvalue weighted by Gasteiger charge is 2.42. The number of benzene rings is 1. The topological polar surface area (TPSA) is 89.5 Å². The molecule has 1 aliphatic heterocycles. The zero-order valence-electron chi connectivity index (χ0n) is 13.2. The van der Waals surface area contributed by atoms with Crippen molar-refractivity contribution in [3.05, 3.63) is 29.8 Å². The van der Waals surface area contributed by atoms with E-state index in [1.54, 1.807) is 23.8 Å². The van der Waals surface area contributed by atoms with Crippen LogP contribution in [-0.2, 0) is 29.2 Å². The molecular weight excluding hydrogens is 383 g/mol. The number of amides is 1. The van der Waals surface area contributed by atoms with E-state index < -0.39 is 38.4 Å². The van der Waals surface area contributed by atoms with E-state index in [9.17, 15) is 30.6 Å². The Morgan fingerprint density at radius 2 is 1.72 bits per heavy atom. The molecule has 0 saturated carbocycles. The summed E-state index contributed by atoms with van der Waals surface area (Å²) in [6.45, 7) is 1.80. The van der Waals surface area contributed by atoms with Crippen LogP contribution in [0, 0.1) is 6.92 Å². The maximum absolute atomic E-state index is 12.3. The summed E-state index contributed by atoms with van der Waals surface area (Å²) in [5.41, 5.74) is 0.873. The van der Waals surface area contributed by atoms with Crippen LogP contribution in [0.2, 0.25) is 0 Å². The first kappa shape index (κ1) is 19.9. The van der Waals surface area contributed by atoms with Gasteiger partial charge in [-0.2, -0.15) is 21.6 Å². The summed E-state index contributed by atoms with van der Waals surface area (Å²) in [7, 11) is -7.56. The number of thiol groups is 1. The maximum Gasteiger partial charge on any atom is 0.472 e. The predicted octanol–water partition coefficient (Wildman–Crippen LogP) is 1.47. The lowest BCUT2D eigenvalue weighted by Crippen LogP contribution is -2.50. The third kappa shape index (κ3) is 5.25. The fourth-order valence-electron chi connectivity index (χ4n) is 2.36. The summed E-state index contributed by atoms with van der Waals surface area (Å²) in [4.78, 5) is 10.9. The zero-order chi connectivity index (χ0) is 18.9. The second-order valence-corrected chi connectivity index (χ2v) is 10.3. The Bertz CT molecular complexity index is 778. The number of carbonyl (C=O) groups excluding carboxylic acids is 1. The molecule has 142 valence electrons. The van der Waals surface area contributed by atoms with Gasteiger partial charge in [0.25, 0.3) is 10.1 Å². The highest BCUT2D eigenvalue weighted by atomic mass is 32.3. The first-order chi connectivity index (χ1) is 11.4. The summed E-state index contributed by atoms with van der Waals surface area (Å²) >= 11 is 0. The Morgan fingerprint density at radius 1 is 1.20 bits per heavy atom. The average molecular weight is 401 g/mol. The lowest BCUT2D eigenvalue weighted by Gasteiger charge is -2.33. The van der Waals surface area contributed by atoms with Crippen molar-refractivity contribution in [2.75, 3.05) is 11.5 Å². The van der Waals surface area contributed by atoms with Crippen LogP contribution in [0.1, 0.15) is 18.4 Å². The van der Waals surface area contributed by atoms with Crippen molar-refractivity contribution in [1.29, 1.82) is 0 Å². The van der Waals surface area contributed by atoms with E-state index in [1.807, 2.05) is 0 Å². The minimum absolute atomic E-state index is 0.0273. The Balaban J connectivity index is 1.97. The Labute approximate surface area is 144 Å². The molecule has 1 saturated heterocycles. The van der Waals surface area contributed by atoms with Gasteiger partial charge in [-0.05, 0) is 42.0 Å². The summed E-state index contributed by atoms with van der Waals surface area (Å²) < 4.78 is 80.0. The molecule has 0 aromatic heterocycles. The van der Waals surface area contributed by atoms with Gasteiger partial charge in [0.15, 0.2) is 0 Å². The van der Waals surface area contributed by atoms with E-state index in [2.05, 4.69) is 0 Å². The largest absolute Gasteiger partial charge is 0.472 e. The van der Waals surface area contributed by atoms with Crippen LogP contribution in [0.5, 0.6) is 0 Å². The fraction of sp³-hybridized carbons (Fsp3) is 0.500. The first-order valence-corrected chi connectivity index (χ1v) is 10.9. The highest BCUT2D eigenvalue weighted by Crippen LogP contribution is 2.25. The monoisotopic (exact) mass is 401 g/mol. The normalized spacial score (nSPS) is 22.2. The molecule has 1 amide bonds. The number of carbonyl (C=O) groups is 1. The van der Waals surface area contributed by atoms with E-state index in [4.69, 9.17) is 4.18 Å². The second kappa shape index (κ2) is 7.04. The molecule has 11 heteroatoms. The Kier molecular flexibility index (Phi) is 5.59. The molecule has 0 bridgehead atoms. The molecule has 0 aliphatic carbocycles. The van der Waals surface area contributed by atoms with Crippen molar-refractivity contribution < 1.29 is 34.8 Å². The van der Waals surface area contributed by atoms with E-state index >= 15 is 0 Å². The van der Waals surface area contributed by atoms with Gasteiger partial charge in [0.05, 0.1) is 11.0 Å². The molecule has 1 aromatic rings. The quantitative estimate of drug-likeness (QED) is 0.589. The summed E-state index contributed by atoms with van der Waals surface area (Å²) in [6.07, 6.45) is -5.96. The molecule has 2 rings (SSSR count). The van der Waals surface area contributed by atoms with Crippen LogP contribution in [0.3, 0.4) is 0 Å². The molecule has 0 unspecified atom stereocenters. The van der Waals surface area contributed by atoms with Gasteiger partial charge in [0.2, 0.25) is 0 Å². The average Bonchev–Trinajstić information content (AvgIpc) is 2.49. The smallest absolute Gasteiger partial charge is 0.289 e. The van der Waals surface area contributed by atoms with E-state index in [0.717, 1.165) is 5.56 Å². The van der Waals surface area contributed by atoms with Crippen LogP contribution < -0.4 is 4.72 Å². The number of alkyl halides is 3. The van der Waals surface area contributed by atoms with Crippen molar-refractivity contribution in [2.45, 2.75) is 36.9 Å². The number of hydrogen-bond acceptors (Lipinski definition) is 5. The molecule has 1 aromatic carbocycles. The molecule has 0 atom stereocenters. The number of halogens is 3. The van der Waals surface area contributed by atoms with Crippen molar-refractivity contribution in [1.82, 2.24) is 4.72 Å². The van der Waals surface area contributed by atoms with Crippen molar-refractivity contribution >= 4 is 26.1 Å². The Hall–Kier alpha value is -1.46. The van der Waals surface area contributed by atoms with Gasteiger partial charge in [0, 0.05) is 11.5 Å². The van der Waals surface area contributed by atoms with Gasteiger partial charge in [-0.25, -0.2) is 0 Å². The van der Waals surface area contributed by atoms with Gasteiger partial charge >= 0.3 is 12.1 Å². The van der Waals surface area contributed by atoms with Gasteiger partial charge in [-0.1, -0.05) is 17.7 Å². The van der Waals surface area contributed by atoms with Crippen molar-refractivity contribution in [3.8, 4) is 0 Å². The van der Waals surface area contributed by atoms with Crippen LogP contribution in [-0.4, -0.2) is 42.3 Å². The number of rotatable bonds is 4. The molecule has 1 fully saturated rings. The van der Waals surface area contributed by atoms with Crippen LogP contribution in [0.25, 0.3) is 0 Å². The van der Waals surface area contributed by atoms with E-state index in [-0.39, 0.29) is 29.2 Å². The molecule has 25 heavy (non-hydrogen) atoms. The third-order valence-electron chi connectivity index (χ3n) is 3.76. The highest BCUT2D eigenvalue weighted by molar-refractivity contribution is 8.01. The Morgan fingerprint density at radius 3 is 2.20 bits per heavy atom. The number of nitrogens with one attached hydrogen (secondary N) is 1. The predicted molar refractivity (Wildman–Crippen MR) is 85.9 cm³/mol. The van der Waals surface area contributed by atoms with Gasteiger partial charge in [-0.3, -0.25) is 17.9 Å². The minimum atomic E-state index is -5.11. The number of hydrogen-bond donors (Lipinski definition) is 2. The molecule has 0 radical (unpaired) electrons. The fourth-order valence-corrected chi connectivity index (χ4v) is 5.84. The summed E-state index contributed by atoms with van der Waals surface area (Å²) in [5, 5.41) is 0. The van der Waals surface area contributed by atoms with Crippen LogP contribution >= 0.6 is 0 Å². The standard InChI is InChI=1S/C14H18F3NO5S2/c1-10-2-4-12(5-3-10)25(21,22)23-11-6-8-24(20,9-7-11)18-13(19)14(15,16)17/h2-5,11,24H,6-9H2,1H3,(H,18,19,20). The maximum atomic E-state index is 12.3. The van der Waals surface area contributed by atoms with E-state index in [0.29, 0.717) is 0 Å². The minimum Gasteiger partial charge on any atom is -0.289 e. The SMILES string of the molecule is Cc1ccc(S(=O)(=O)OC2CC[SH](=O)(NC(=O)C(F)(F)F)CC2)cc1. The second-order valence-electron chi connectivity index (χ2n) is 5.84. The van der Waals surface area contributed by atoms with Crippen LogP contribution in [0.4, 0.5) is 13.2 Å². The summed E-state index contributed by atoms with van der Waals surface area (Å²) in [6, 6.07) is 6.00. The first-order valence-electron chi connectivity index (χ1n) is 7.39. The zero-order valence-corrected chi connectivity index (χ0v) is 15.0. The third-order valence-corrected chi connectivity index (χ3v) is 7.71. The molecule has 1 aliphatic rings. The summed E-state index contributed by atoms with van der Waals surface area (Å²) in [5.74, 6) is -2.74. The van der Waals surface area contributed by atoms with Crippen LogP contribution in [0.15, 0.2) is 29.2 Å². The lowest BCUT2D eigenvalue weighted by molar-refractivity contribution is -0.171. The number of aryl methyl sites for hydroxylation is 1. The molecular formula is C14H18F3NO5S2. The van der Waals surface area contributed by atoms with Gasteiger partial charge < -0.3 is 0 Å². The molecule has 0 spiro atoms. The van der Waals surface area contributed by atoms with Crippen molar-refractivity contribution in [2.24, 2.45) is 0 Å². The lowest BCUT2D eigenvalue weighted by atomic mass is 10.2. The van der Waals surface area contributed by atoms with E-state index in [1.165, 1.54) is 12.1 Å². The van der Waals surface area contributed by atoms with Gasteiger partial charge in [-0.15, -0.1) is 0 Å². The molecule has 1 heterocycles. The molecule has 1 N–H and O–H groups in total. The van der Waals surface area contributed by atoms with Crippen molar-refractivity contribution in [3.63, 3.8) is 0 Å². The molecule has 6 nitrogen and oxygen atoms in total.